The number of benzene rings is 2. The van der Waals surface area contributed by atoms with Crippen LogP contribution in [0.5, 0.6) is 5.75 Å². The summed E-state index contributed by atoms with van der Waals surface area (Å²) in [7, 11) is 0. The molecule has 3 heterocycles. The molecule has 2 aliphatic rings. The Morgan fingerprint density at radius 3 is 2.55 bits per heavy atom. The highest BCUT2D eigenvalue weighted by molar-refractivity contribution is 6.33. The minimum atomic E-state index is -4.81. The van der Waals surface area contributed by atoms with E-state index < -0.39 is 29.3 Å². The maximum atomic E-state index is 13.1. The van der Waals surface area contributed by atoms with Crippen molar-refractivity contribution >= 4 is 34.9 Å². The SMILES string of the molecule is O=C1C[C@@]2(C(=O)Nc3cccc(Cl)c32)c2cnn(-c3ccc(OC(F)(F)F)cc3)c2N1. The molecule has 0 radical (unpaired) electrons. The molecule has 0 fully saturated rings. The summed E-state index contributed by atoms with van der Waals surface area (Å²) in [4.78, 5) is 25.7. The average molecular weight is 449 g/mol. The molecule has 11 heteroatoms. The quantitative estimate of drug-likeness (QED) is 0.620. The van der Waals surface area contributed by atoms with Crippen molar-refractivity contribution in [1.29, 1.82) is 0 Å². The molecule has 2 amide bonds. The fourth-order valence-electron chi connectivity index (χ4n) is 4.11. The van der Waals surface area contributed by atoms with Gasteiger partial charge in [0.15, 0.2) is 0 Å². The molecule has 5 rings (SSSR count). The number of nitrogens with zero attached hydrogens (tertiary/aromatic N) is 2. The molecule has 1 atom stereocenters. The predicted octanol–water partition coefficient (Wildman–Crippen LogP) is 4.00. The van der Waals surface area contributed by atoms with E-state index in [0.29, 0.717) is 27.5 Å². The molecule has 3 aromatic rings. The Hall–Kier alpha value is -3.53. The van der Waals surface area contributed by atoms with Gasteiger partial charge < -0.3 is 15.4 Å². The average Bonchev–Trinajstić information content (AvgIpc) is 3.22. The largest absolute Gasteiger partial charge is 0.573 e. The van der Waals surface area contributed by atoms with Gasteiger partial charge >= 0.3 is 6.36 Å². The minimum Gasteiger partial charge on any atom is -0.406 e. The Labute approximate surface area is 177 Å². The molecule has 1 spiro atoms. The fraction of sp³-hybridized carbons (Fsp3) is 0.150. The Morgan fingerprint density at radius 1 is 1.10 bits per heavy atom. The third kappa shape index (κ3) is 2.94. The van der Waals surface area contributed by atoms with Crippen molar-refractivity contribution in [1.82, 2.24) is 9.78 Å². The van der Waals surface area contributed by atoms with Crippen LogP contribution in [-0.2, 0) is 15.0 Å². The van der Waals surface area contributed by atoms with E-state index in [0.717, 1.165) is 12.1 Å². The van der Waals surface area contributed by atoms with Crippen molar-refractivity contribution in [2.75, 3.05) is 10.6 Å². The van der Waals surface area contributed by atoms with Crippen LogP contribution in [0.4, 0.5) is 24.7 Å². The van der Waals surface area contributed by atoms with Crippen molar-refractivity contribution in [3.63, 3.8) is 0 Å². The monoisotopic (exact) mass is 448 g/mol. The van der Waals surface area contributed by atoms with Crippen LogP contribution in [0, 0.1) is 0 Å². The number of hydrogen-bond acceptors (Lipinski definition) is 4. The molecule has 158 valence electrons. The number of rotatable bonds is 2. The number of ether oxygens (including phenoxy) is 1. The molecule has 7 nitrogen and oxygen atoms in total. The molecular formula is C20H12ClF3N4O3. The highest BCUT2D eigenvalue weighted by Crippen LogP contribution is 2.52. The number of hydrogen-bond donors (Lipinski definition) is 2. The van der Waals surface area contributed by atoms with Crippen LogP contribution in [0.3, 0.4) is 0 Å². The number of nitrogens with one attached hydrogen (secondary N) is 2. The summed E-state index contributed by atoms with van der Waals surface area (Å²) in [6.07, 6.45) is -3.52. The Bertz CT molecular complexity index is 1240. The minimum absolute atomic E-state index is 0.160. The van der Waals surface area contributed by atoms with Gasteiger partial charge in [-0.05, 0) is 36.4 Å². The van der Waals surface area contributed by atoms with E-state index in [-0.39, 0.29) is 12.2 Å². The molecule has 2 N–H and O–H groups in total. The van der Waals surface area contributed by atoms with Crippen molar-refractivity contribution < 1.29 is 27.5 Å². The smallest absolute Gasteiger partial charge is 0.406 e. The van der Waals surface area contributed by atoms with E-state index in [4.69, 9.17) is 11.6 Å². The molecule has 0 bridgehead atoms. The maximum Gasteiger partial charge on any atom is 0.573 e. The van der Waals surface area contributed by atoms with E-state index >= 15 is 0 Å². The predicted molar refractivity (Wildman–Crippen MR) is 104 cm³/mol. The van der Waals surface area contributed by atoms with Crippen molar-refractivity contribution in [2.24, 2.45) is 0 Å². The molecule has 0 unspecified atom stereocenters. The molecule has 0 saturated heterocycles. The lowest BCUT2D eigenvalue weighted by atomic mass is 9.72. The van der Waals surface area contributed by atoms with Crippen LogP contribution in [0.25, 0.3) is 5.69 Å². The van der Waals surface area contributed by atoms with E-state index in [1.165, 1.54) is 23.0 Å². The zero-order chi connectivity index (χ0) is 22.0. The Morgan fingerprint density at radius 2 is 1.84 bits per heavy atom. The van der Waals surface area contributed by atoms with Gasteiger partial charge in [0.2, 0.25) is 11.8 Å². The van der Waals surface area contributed by atoms with E-state index in [2.05, 4.69) is 20.5 Å². The lowest BCUT2D eigenvalue weighted by Crippen LogP contribution is -2.43. The molecule has 1 aromatic heterocycles. The summed E-state index contributed by atoms with van der Waals surface area (Å²) in [6, 6.07) is 10.0. The Balaban J connectivity index is 1.63. The first kappa shape index (κ1) is 19.4. The second kappa shape index (κ2) is 6.48. The summed E-state index contributed by atoms with van der Waals surface area (Å²) >= 11 is 6.41. The summed E-state index contributed by atoms with van der Waals surface area (Å²) in [6.45, 7) is 0. The van der Waals surface area contributed by atoms with Crippen LogP contribution >= 0.6 is 11.6 Å². The van der Waals surface area contributed by atoms with Crippen molar-refractivity contribution in [3.8, 4) is 11.4 Å². The summed E-state index contributed by atoms with van der Waals surface area (Å²) < 4.78 is 42.4. The van der Waals surface area contributed by atoms with Crippen molar-refractivity contribution in [3.05, 3.63) is 64.8 Å². The highest BCUT2D eigenvalue weighted by atomic mass is 35.5. The number of alkyl halides is 3. The zero-order valence-corrected chi connectivity index (χ0v) is 16.2. The molecule has 0 aliphatic carbocycles. The van der Waals surface area contributed by atoms with Gasteiger partial charge in [-0.25, -0.2) is 4.68 Å². The molecule has 2 aromatic carbocycles. The number of anilines is 2. The highest BCUT2D eigenvalue weighted by Gasteiger charge is 2.55. The van der Waals surface area contributed by atoms with Crippen LogP contribution in [0.1, 0.15) is 17.5 Å². The second-order valence-electron chi connectivity index (χ2n) is 7.11. The third-order valence-electron chi connectivity index (χ3n) is 5.30. The summed E-state index contributed by atoms with van der Waals surface area (Å²) in [5.41, 5.74) is 0.451. The zero-order valence-electron chi connectivity index (χ0n) is 15.5. The van der Waals surface area contributed by atoms with Gasteiger partial charge in [0.05, 0.1) is 11.9 Å². The number of carbonyl (C=O) groups is 2. The lowest BCUT2D eigenvalue weighted by Gasteiger charge is -2.32. The molecule has 0 saturated carbocycles. The molecule has 2 aliphatic heterocycles. The number of amides is 2. The van der Waals surface area contributed by atoms with E-state index in [1.807, 2.05) is 0 Å². The number of fused-ring (bicyclic) bond motifs is 4. The fourth-order valence-corrected chi connectivity index (χ4v) is 4.44. The normalized spacial score (nSPS) is 19.6. The van der Waals surface area contributed by atoms with Crippen molar-refractivity contribution in [2.45, 2.75) is 18.2 Å². The molecule has 31 heavy (non-hydrogen) atoms. The first-order valence-corrected chi connectivity index (χ1v) is 9.42. The first-order valence-electron chi connectivity index (χ1n) is 9.04. The topological polar surface area (TPSA) is 85.2 Å². The number of aromatic nitrogens is 2. The van der Waals surface area contributed by atoms with Gasteiger partial charge in [0.25, 0.3) is 0 Å². The van der Waals surface area contributed by atoms with Crippen LogP contribution in [-0.4, -0.2) is 28.0 Å². The van der Waals surface area contributed by atoms with Crippen LogP contribution in [0.15, 0.2) is 48.7 Å². The first-order chi connectivity index (χ1) is 14.7. The van der Waals surface area contributed by atoms with Crippen LogP contribution in [0.2, 0.25) is 5.02 Å². The van der Waals surface area contributed by atoms with Gasteiger partial charge in [-0.2, -0.15) is 5.10 Å². The standard InChI is InChI=1S/C20H12ClF3N4O3/c21-13-2-1-3-14-16(13)19(18(30)26-14)8-15(29)27-17-12(19)9-25-28(17)10-4-6-11(7-5-10)31-20(22,23)24/h1-7,9H,8H2,(H,26,30)(H,27,29)/t19-/m1/s1. The van der Waals surface area contributed by atoms with Crippen LogP contribution < -0.4 is 15.4 Å². The van der Waals surface area contributed by atoms with Gasteiger partial charge in [0.1, 0.15) is 17.0 Å². The maximum absolute atomic E-state index is 13.1. The number of halogens is 4. The van der Waals surface area contributed by atoms with Gasteiger partial charge in [-0.1, -0.05) is 17.7 Å². The van der Waals surface area contributed by atoms with Gasteiger partial charge in [0, 0.05) is 28.3 Å². The Kier molecular flexibility index (Phi) is 4.06. The van der Waals surface area contributed by atoms with Gasteiger partial charge in [-0.3, -0.25) is 9.59 Å². The van der Waals surface area contributed by atoms with Gasteiger partial charge in [-0.15, -0.1) is 13.2 Å². The summed E-state index contributed by atoms with van der Waals surface area (Å²) in [5.74, 6) is -0.980. The lowest BCUT2D eigenvalue weighted by molar-refractivity contribution is -0.274. The number of carbonyl (C=O) groups excluding carboxylic acids is 2. The molecular weight excluding hydrogens is 437 g/mol. The third-order valence-corrected chi connectivity index (χ3v) is 5.62. The van der Waals surface area contributed by atoms with E-state index in [1.54, 1.807) is 18.2 Å². The second-order valence-corrected chi connectivity index (χ2v) is 7.51. The summed E-state index contributed by atoms with van der Waals surface area (Å²) in [5, 5.41) is 10.1. The van der Waals surface area contributed by atoms with E-state index in [9.17, 15) is 22.8 Å².